The van der Waals surface area contributed by atoms with Crippen LogP contribution >= 0.6 is 0 Å². The van der Waals surface area contributed by atoms with Gasteiger partial charge in [0.05, 0.1) is 11.7 Å². The summed E-state index contributed by atoms with van der Waals surface area (Å²) in [6, 6.07) is 9.04. The largest absolute Gasteiger partial charge is 0.383 e. The lowest BCUT2D eigenvalue weighted by Crippen LogP contribution is -2.37. The lowest BCUT2D eigenvalue weighted by molar-refractivity contribution is -0.137. The second kappa shape index (κ2) is 6.34. The summed E-state index contributed by atoms with van der Waals surface area (Å²) in [7, 11) is 1.65. The number of pyridine rings is 1. The number of benzene rings is 1. The quantitative estimate of drug-likeness (QED) is 0.633. The third kappa shape index (κ3) is 3.07. The number of amides is 1. The summed E-state index contributed by atoms with van der Waals surface area (Å²) in [5.74, 6) is 6.08. The van der Waals surface area contributed by atoms with Crippen molar-refractivity contribution >= 4 is 22.6 Å². The van der Waals surface area contributed by atoms with Gasteiger partial charge in [-0.25, -0.2) is 9.97 Å². The Labute approximate surface area is 155 Å². The molecule has 1 aromatic carbocycles. The van der Waals surface area contributed by atoms with Crippen molar-refractivity contribution in [3.05, 3.63) is 48.3 Å². The molecule has 3 N–H and O–H groups in total. The zero-order valence-electron chi connectivity index (χ0n) is 14.7. The van der Waals surface area contributed by atoms with Gasteiger partial charge in [0.25, 0.3) is 5.91 Å². The molecule has 1 aliphatic heterocycles. The molecule has 4 rings (SSSR count). The number of aromatic nitrogens is 3. The molecule has 27 heavy (non-hydrogen) atoms. The molecule has 2 aromatic heterocycles. The number of hydrogen-bond acceptors (Lipinski definition) is 6. The van der Waals surface area contributed by atoms with Crippen LogP contribution < -0.4 is 5.73 Å². The summed E-state index contributed by atoms with van der Waals surface area (Å²) < 4.78 is 0. The van der Waals surface area contributed by atoms with E-state index >= 15 is 0 Å². The fourth-order valence-electron chi connectivity index (χ4n) is 3.02. The van der Waals surface area contributed by atoms with Crippen LogP contribution in [0, 0.1) is 11.8 Å². The molecule has 1 atom stereocenters. The number of rotatable bonds is 1. The molecule has 7 heteroatoms. The molecule has 3 aromatic rings. The van der Waals surface area contributed by atoms with Crippen LogP contribution in [-0.2, 0) is 4.79 Å². The average molecular weight is 359 g/mol. The number of nitrogen functional groups attached to an aromatic ring is 1. The molecule has 0 unspecified atom stereocenters. The summed E-state index contributed by atoms with van der Waals surface area (Å²) in [5, 5.41) is 11.2. The Morgan fingerprint density at radius 3 is 2.93 bits per heavy atom. The molecule has 0 spiro atoms. The Morgan fingerprint density at radius 1 is 1.30 bits per heavy atom. The van der Waals surface area contributed by atoms with Crippen LogP contribution in [0.2, 0.25) is 0 Å². The predicted molar refractivity (Wildman–Crippen MR) is 101 cm³/mol. The molecule has 0 bridgehead atoms. The first kappa shape index (κ1) is 16.9. The molecule has 1 amide bonds. The van der Waals surface area contributed by atoms with Crippen molar-refractivity contribution in [3.63, 3.8) is 0 Å². The maximum Gasteiger partial charge on any atom is 0.267 e. The molecule has 0 radical (unpaired) electrons. The maximum atomic E-state index is 12.0. The number of carbonyl (C=O) groups excluding carboxylic acids is 1. The Balaban J connectivity index is 1.70. The lowest BCUT2D eigenvalue weighted by atomic mass is 10.0. The van der Waals surface area contributed by atoms with Gasteiger partial charge in [0.1, 0.15) is 5.82 Å². The van der Waals surface area contributed by atoms with Crippen molar-refractivity contribution in [2.75, 3.05) is 19.3 Å². The smallest absolute Gasteiger partial charge is 0.267 e. The molecule has 134 valence electrons. The van der Waals surface area contributed by atoms with Gasteiger partial charge >= 0.3 is 0 Å². The Kier molecular flexibility index (Phi) is 3.98. The zero-order chi connectivity index (χ0) is 19.0. The third-order valence-corrected chi connectivity index (χ3v) is 4.57. The van der Waals surface area contributed by atoms with E-state index in [2.05, 4.69) is 26.8 Å². The molecular weight excluding hydrogens is 342 g/mol. The first-order valence-electron chi connectivity index (χ1n) is 8.45. The third-order valence-electron chi connectivity index (χ3n) is 4.57. The van der Waals surface area contributed by atoms with E-state index in [-0.39, 0.29) is 5.91 Å². The Hall–Kier alpha value is -3.50. The molecule has 0 aliphatic carbocycles. The number of anilines is 1. The van der Waals surface area contributed by atoms with Gasteiger partial charge in [-0.2, -0.15) is 0 Å². The van der Waals surface area contributed by atoms with Crippen LogP contribution in [0.25, 0.3) is 22.3 Å². The van der Waals surface area contributed by atoms with E-state index in [0.717, 1.165) is 10.9 Å². The Morgan fingerprint density at radius 2 is 2.15 bits per heavy atom. The van der Waals surface area contributed by atoms with Crippen molar-refractivity contribution in [2.45, 2.75) is 12.0 Å². The van der Waals surface area contributed by atoms with Crippen LogP contribution in [0.3, 0.4) is 0 Å². The minimum atomic E-state index is -1.62. The SMILES string of the molecule is CN1CC[C@](O)(C#Cc2cccc(-c3nc(N)c4ccncc4n3)c2)C1=O. The van der Waals surface area contributed by atoms with Crippen LogP contribution in [0.5, 0.6) is 0 Å². The molecule has 7 nitrogen and oxygen atoms in total. The highest BCUT2D eigenvalue weighted by Crippen LogP contribution is 2.24. The minimum Gasteiger partial charge on any atom is -0.383 e. The highest BCUT2D eigenvalue weighted by atomic mass is 16.3. The molecule has 1 saturated heterocycles. The van der Waals surface area contributed by atoms with Crippen LogP contribution in [0.1, 0.15) is 12.0 Å². The van der Waals surface area contributed by atoms with E-state index < -0.39 is 5.60 Å². The average Bonchev–Trinajstić information content (AvgIpc) is 2.95. The van der Waals surface area contributed by atoms with E-state index in [1.165, 1.54) is 4.90 Å². The fourth-order valence-corrected chi connectivity index (χ4v) is 3.02. The fraction of sp³-hybridized carbons (Fsp3) is 0.200. The highest BCUT2D eigenvalue weighted by Gasteiger charge is 2.42. The van der Waals surface area contributed by atoms with Crippen molar-refractivity contribution in [1.82, 2.24) is 19.9 Å². The van der Waals surface area contributed by atoms with Crippen molar-refractivity contribution in [1.29, 1.82) is 0 Å². The Bertz CT molecular complexity index is 1120. The van der Waals surface area contributed by atoms with E-state index in [1.807, 2.05) is 12.1 Å². The summed E-state index contributed by atoms with van der Waals surface area (Å²) in [6.07, 6.45) is 3.58. The first-order valence-corrected chi connectivity index (χ1v) is 8.45. The summed E-state index contributed by atoms with van der Waals surface area (Å²) in [6.45, 7) is 0.488. The van der Waals surface area contributed by atoms with Gasteiger partial charge in [-0.05, 0) is 18.2 Å². The van der Waals surface area contributed by atoms with Gasteiger partial charge in [-0.15, -0.1) is 0 Å². The molecule has 3 heterocycles. The first-order chi connectivity index (χ1) is 13.0. The topological polar surface area (TPSA) is 105 Å². The van der Waals surface area contributed by atoms with Gasteiger partial charge < -0.3 is 15.7 Å². The molecular formula is C20H17N5O2. The van der Waals surface area contributed by atoms with E-state index in [0.29, 0.717) is 35.7 Å². The normalized spacial score (nSPS) is 19.2. The number of hydrogen-bond donors (Lipinski definition) is 2. The van der Waals surface area contributed by atoms with Crippen LogP contribution in [-0.4, -0.2) is 50.1 Å². The molecule has 1 fully saturated rings. The second-order valence-corrected chi connectivity index (χ2v) is 6.49. The van der Waals surface area contributed by atoms with Crippen LogP contribution in [0.15, 0.2) is 42.7 Å². The maximum absolute atomic E-state index is 12.0. The van der Waals surface area contributed by atoms with Gasteiger partial charge in [0.15, 0.2) is 5.82 Å². The monoisotopic (exact) mass is 359 g/mol. The number of nitrogens with two attached hydrogens (primary N) is 1. The number of carbonyl (C=O) groups is 1. The number of likely N-dealkylation sites (tertiary alicyclic amines) is 1. The second-order valence-electron chi connectivity index (χ2n) is 6.49. The van der Waals surface area contributed by atoms with Crippen molar-refractivity contribution in [3.8, 4) is 23.2 Å². The van der Waals surface area contributed by atoms with Gasteiger partial charge in [-0.1, -0.05) is 24.0 Å². The van der Waals surface area contributed by atoms with E-state index in [1.54, 1.807) is 37.6 Å². The summed E-state index contributed by atoms with van der Waals surface area (Å²) in [4.78, 5) is 26.5. The lowest BCUT2D eigenvalue weighted by Gasteiger charge is -2.13. The van der Waals surface area contributed by atoms with Gasteiger partial charge in [0.2, 0.25) is 5.60 Å². The zero-order valence-corrected chi connectivity index (χ0v) is 14.7. The summed E-state index contributed by atoms with van der Waals surface area (Å²) in [5.41, 5.74) is 6.46. The van der Waals surface area contributed by atoms with Crippen LogP contribution in [0.4, 0.5) is 5.82 Å². The van der Waals surface area contributed by atoms with Gasteiger partial charge in [0, 0.05) is 42.7 Å². The van der Waals surface area contributed by atoms with E-state index in [9.17, 15) is 9.90 Å². The molecule has 0 saturated carbocycles. The number of fused-ring (bicyclic) bond motifs is 1. The number of nitrogens with zero attached hydrogens (tertiary/aromatic N) is 4. The summed E-state index contributed by atoms with van der Waals surface area (Å²) >= 11 is 0. The van der Waals surface area contributed by atoms with Crippen molar-refractivity contribution in [2.24, 2.45) is 0 Å². The van der Waals surface area contributed by atoms with Crippen molar-refractivity contribution < 1.29 is 9.90 Å². The van der Waals surface area contributed by atoms with E-state index in [4.69, 9.17) is 5.73 Å². The highest BCUT2D eigenvalue weighted by molar-refractivity contribution is 5.90. The predicted octanol–water partition coefficient (Wildman–Crippen LogP) is 1.22. The van der Waals surface area contributed by atoms with Gasteiger partial charge in [-0.3, -0.25) is 9.78 Å². The molecule has 1 aliphatic rings. The standard InChI is InChI=1S/C20H17N5O2/c1-25-10-8-20(27,19(25)26)7-5-13-3-2-4-14(11-13)18-23-16-12-22-9-6-15(16)17(21)24-18/h2-4,6,9,11-12,27H,8,10H2,1H3,(H2,21,23,24)/t20-/m1/s1. The minimum absolute atomic E-state index is 0.298. The number of likely N-dealkylation sites (N-methyl/N-ethyl adjacent to an activating group) is 1. The number of aliphatic hydroxyl groups is 1.